The predicted octanol–water partition coefficient (Wildman–Crippen LogP) is 4.99. The molecule has 0 unspecified atom stereocenters. The highest BCUT2D eigenvalue weighted by atomic mass is 16.1. The van der Waals surface area contributed by atoms with Crippen molar-refractivity contribution in [3.05, 3.63) is 0 Å². The van der Waals surface area contributed by atoms with Crippen LogP contribution in [0.15, 0.2) is 0 Å². The van der Waals surface area contributed by atoms with E-state index in [0.29, 0.717) is 5.78 Å². The minimum atomic E-state index is -0.0327. The Labute approximate surface area is 102 Å². The van der Waals surface area contributed by atoms with Crippen molar-refractivity contribution in [2.45, 2.75) is 79.6 Å². The minimum Gasteiger partial charge on any atom is -0.299 e. The third-order valence-corrected chi connectivity index (χ3v) is 4.17. The average Bonchev–Trinajstić information content (AvgIpc) is 2.26. The van der Waals surface area contributed by atoms with Crippen LogP contribution in [-0.4, -0.2) is 5.78 Å². The number of carbonyl (C=O) groups excluding carboxylic acids is 1. The Morgan fingerprint density at radius 2 is 1.44 bits per heavy atom. The van der Waals surface area contributed by atoms with Crippen molar-refractivity contribution < 1.29 is 4.79 Å². The molecular weight excluding hydrogens is 196 g/mol. The molecule has 0 aromatic rings. The van der Waals surface area contributed by atoms with Gasteiger partial charge in [0.05, 0.1) is 0 Å². The number of carbonyl (C=O) groups is 1. The topological polar surface area (TPSA) is 17.1 Å². The van der Waals surface area contributed by atoms with Crippen LogP contribution in [0.3, 0.4) is 0 Å². The van der Waals surface area contributed by atoms with Gasteiger partial charge in [0.15, 0.2) is 0 Å². The highest BCUT2D eigenvalue weighted by Gasteiger charge is 2.33. The van der Waals surface area contributed by atoms with Gasteiger partial charge in [-0.1, -0.05) is 53.4 Å². The summed E-state index contributed by atoms with van der Waals surface area (Å²) in [4.78, 5) is 11.9. The molecule has 0 aromatic heterocycles. The highest BCUT2D eigenvalue weighted by Crippen LogP contribution is 2.37. The van der Waals surface area contributed by atoms with E-state index in [1.54, 1.807) is 6.92 Å². The zero-order valence-electron chi connectivity index (χ0n) is 11.9. The second kappa shape index (κ2) is 7.86. The average molecular weight is 226 g/mol. The molecule has 0 fully saturated rings. The van der Waals surface area contributed by atoms with Gasteiger partial charge < -0.3 is 0 Å². The zero-order chi connectivity index (χ0) is 12.6. The van der Waals surface area contributed by atoms with Crippen molar-refractivity contribution in [2.75, 3.05) is 0 Å². The molecule has 96 valence electrons. The maximum atomic E-state index is 11.9. The summed E-state index contributed by atoms with van der Waals surface area (Å²) in [6, 6.07) is 0. The maximum Gasteiger partial charge on any atom is 0.135 e. The van der Waals surface area contributed by atoms with E-state index >= 15 is 0 Å². The van der Waals surface area contributed by atoms with Gasteiger partial charge in [-0.05, 0) is 32.1 Å². The Morgan fingerprint density at radius 1 is 1.00 bits per heavy atom. The molecule has 0 rings (SSSR count). The number of Topliss-reactive ketones (excluding diaryl/α,β-unsaturated/α-hetero) is 1. The molecule has 0 N–H and O–H groups in total. The molecule has 0 aromatic carbocycles. The largest absolute Gasteiger partial charge is 0.299 e. The van der Waals surface area contributed by atoms with Crippen LogP contribution in [-0.2, 0) is 4.79 Å². The van der Waals surface area contributed by atoms with Crippen LogP contribution in [0.2, 0.25) is 0 Å². The summed E-state index contributed by atoms with van der Waals surface area (Å²) in [5.74, 6) is 1.15. The van der Waals surface area contributed by atoms with Gasteiger partial charge in [-0.3, -0.25) is 4.79 Å². The Bertz CT molecular complexity index is 186. The molecule has 0 radical (unpaired) electrons. The van der Waals surface area contributed by atoms with Gasteiger partial charge in [-0.15, -0.1) is 0 Å². The maximum absolute atomic E-state index is 11.9. The van der Waals surface area contributed by atoms with Crippen LogP contribution in [0.5, 0.6) is 0 Å². The second-order valence-corrected chi connectivity index (χ2v) is 5.19. The summed E-state index contributed by atoms with van der Waals surface area (Å²) in [5, 5.41) is 0. The zero-order valence-corrected chi connectivity index (χ0v) is 11.9. The molecule has 0 amide bonds. The third-order valence-electron chi connectivity index (χ3n) is 4.17. The Morgan fingerprint density at radius 3 is 1.69 bits per heavy atom. The van der Waals surface area contributed by atoms with Gasteiger partial charge in [0.2, 0.25) is 0 Å². The molecule has 16 heavy (non-hydrogen) atoms. The van der Waals surface area contributed by atoms with E-state index in [1.807, 2.05) is 0 Å². The van der Waals surface area contributed by atoms with E-state index in [0.717, 1.165) is 25.2 Å². The molecule has 0 aliphatic heterocycles. The van der Waals surface area contributed by atoms with Crippen LogP contribution >= 0.6 is 0 Å². The molecular formula is C15H30O. The number of hydrogen-bond acceptors (Lipinski definition) is 1. The fraction of sp³-hybridized carbons (Fsp3) is 0.933. The Hall–Kier alpha value is -0.330. The molecule has 0 aliphatic rings. The van der Waals surface area contributed by atoms with E-state index in [1.165, 1.54) is 25.7 Å². The van der Waals surface area contributed by atoms with Crippen molar-refractivity contribution in [3.63, 3.8) is 0 Å². The van der Waals surface area contributed by atoms with Crippen LogP contribution in [0, 0.1) is 11.3 Å². The van der Waals surface area contributed by atoms with Crippen molar-refractivity contribution in [1.29, 1.82) is 0 Å². The van der Waals surface area contributed by atoms with Gasteiger partial charge in [-0.25, -0.2) is 0 Å². The lowest BCUT2D eigenvalue weighted by Gasteiger charge is -2.33. The van der Waals surface area contributed by atoms with Crippen LogP contribution in [0.25, 0.3) is 0 Å². The first-order valence-electron chi connectivity index (χ1n) is 7.07. The lowest BCUT2D eigenvalue weighted by Crippen LogP contribution is -2.30. The van der Waals surface area contributed by atoms with Crippen LogP contribution < -0.4 is 0 Å². The first-order valence-corrected chi connectivity index (χ1v) is 7.07. The lowest BCUT2D eigenvalue weighted by molar-refractivity contribution is -0.128. The standard InChI is InChI=1S/C15H30O/c1-6-10-14(11-7-2)12-15(8-3,9-4)13(5)16/h14H,6-12H2,1-5H3. The fourth-order valence-electron chi connectivity index (χ4n) is 2.90. The van der Waals surface area contributed by atoms with E-state index in [9.17, 15) is 4.79 Å². The van der Waals surface area contributed by atoms with Crippen LogP contribution in [0.1, 0.15) is 79.6 Å². The van der Waals surface area contributed by atoms with Crippen molar-refractivity contribution in [1.82, 2.24) is 0 Å². The van der Waals surface area contributed by atoms with E-state index < -0.39 is 0 Å². The lowest BCUT2D eigenvalue weighted by atomic mass is 9.70. The molecule has 0 spiro atoms. The summed E-state index contributed by atoms with van der Waals surface area (Å²) >= 11 is 0. The Kier molecular flexibility index (Phi) is 7.70. The van der Waals surface area contributed by atoms with Crippen molar-refractivity contribution >= 4 is 5.78 Å². The first-order chi connectivity index (χ1) is 7.56. The summed E-state index contributed by atoms with van der Waals surface area (Å²) < 4.78 is 0. The minimum absolute atomic E-state index is 0.0327. The Balaban J connectivity index is 4.61. The summed E-state index contributed by atoms with van der Waals surface area (Å²) in [6.07, 6.45) is 8.16. The molecule has 0 saturated heterocycles. The number of ketones is 1. The third kappa shape index (κ3) is 4.27. The summed E-state index contributed by atoms with van der Waals surface area (Å²) in [6.45, 7) is 10.6. The van der Waals surface area contributed by atoms with Gasteiger partial charge in [0.1, 0.15) is 5.78 Å². The van der Waals surface area contributed by atoms with E-state index in [-0.39, 0.29) is 5.41 Å². The molecule has 0 heterocycles. The molecule has 0 saturated carbocycles. The van der Waals surface area contributed by atoms with Gasteiger partial charge in [0, 0.05) is 5.41 Å². The van der Waals surface area contributed by atoms with Gasteiger partial charge in [-0.2, -0.15) is 0 Å². The molecule has 0 aliphatic carbocycles. The molecule has 1 nitrogen and oxygen atoms in total. The summed E-state index contributed by atoms with van der Waals surface area (Å²) in [5.41, 5.74) is -0.0327. The summed E-state index contributed by atoms with van der Waals surface area (Å²) in [7, 11) is 0. The first kappa shape index (κ1) is 15.7. The van der Waals surface area contributed by atoms with Gasteiger partial charge >= 0.3 is 0 Å². The fourth-order valence-corrected chi connectivity index (χ4v) is 2.90. The highest BCUT2D eigenvalue weighted by molar-refractivity contribution is 5.82. The number of hydrogen-bond donors (Lipinski definition) is 0. The van der Waals surface area contributed by atoms with Crippen molar-refractivity contribution in [2.24, 2.45) is 11.3 Å². The molecule has 0 bridgehead atoms. The van der Waals surface area contributed by atoms with Crippen LogP contribution in [0.4, 0.5) is 0 Å². The van der Waals surface area contributed by atoms with E-state index in [2.05, 4.69) is 27.7 Å². The smallest absolute Gasteiger partial charge is 0.135 e. The number of rotatable bonds is 9. The normalized spacial score (nSPS) is 12.1. The van der Waals surface area contributed by atoms with Crippen molar-refractivity contribution in [3.8, 4) is 0 Å². The second-order valence-electron chi connectivity index (χ2n) is 5.19. The monoisotopic (exact) mass is 226 g/mol. The molecule has 1 heteroatoms. The quantitative estimate of drug-likeness (QED) is 0.541. The SMILES string of the molecule is CCCC(CCC)CC(CC)(CC)C(C)=O. The molecule has 0 atom stereocenters. The predicted molar refractivity (Wildman–Crippen MR) is 71.6 cm³/mol. The van der Waals surface area contributed by atoms with Gasteiger partial charge in [0.25, 0.3) is 0 Å². The van der Waals surface area contributed by atoms with E-state index in [4.69, 9.17) is 0 Å².